The highest BCUT2D eigenvalue weighted by atomic mass is 16.6. The average Bonchev–Trinajstić information content (AvgIpc) is 4.05. The van der Waals surface area contributed by atoms with E-state index in [1.165, 1.54) is 9.80 Å². The zero-order valence-corrected chi connectivity index (χ0v) is 37.5. The molecule has 65 heavy (non-hydrogen) atoms. The third kappa shape index (κ3) is 11.5. The number of alkyl carbamates (subject to hydrolysis) is 2. The number of hydrogen-bond donors (Lipinski definition) is 4. The average molecular weight is 885 g/mol. The fourth-order valence-electron chi connectivity index (χ4n) is 8.09. The molecule has 4 atom stereocenters. The Bertz CT molecular complexity index is 2530. The van der Waals surface area contributed by atoms with Gasteiger partial charge in [0, 0.05) is 35.4 Å². The molecule has 4 aromatic carbocycles. The Hall–Kier alpha value is -7.16. The molecule has 15 heteroatoms. The van der Waals surface area contributed by atoms with E-state index in [1.807, 2.05) is 30.3 Å². The maximum atomic E-state index is 14.0. The molecule has 0 saturated carbocycles. The van der Waals surface area contributed by atoms with E-state index in [4.69, 9.17) is 13.9 Å². The van der Waals surface area contributed by atoms with Gasteiger partial charge in [0.2, 0.25) is 11.8 Å². The van der Waals surface area contributed by atoms with Crippen LogP contribution < -0.4 is 21.3 Å². The molecule has 0 spiro atoms. The van der Waals surface area contributed by atoms with Gasteiger partial charge in [-0.3, -0.25) is 19.2 Å². The molecule has 5 aromatic rings. The lowest BCUT2D eigenvalue weighted by atomic mass is 10.0. The smallest absolute Gasteiger partial charge is 0.408 e. The van der Waals surface area contributed by atoms with E-state index in [-0.39, 0.29) is 11.8 Å². The van der Waals surface area contributed by atoms with Gasteiger partial charge in [-0.2, -0.15) is 0 Å². The van der Waals surface area contributed by atoms with Gasteiger partial charge >= 0.3 is 12.2 Å². The minimum atomic E-state index is -1.05. The maximum Gasteiger partial charge on any atom is 0.408 e. The van der Waals surface area contributed by atoms with Crippen LogP contribution in [0.4, 0.5) is 21.0 Å². The molecule has 2 aliphatic heterocycles. The topological polar surface area (TPSA) is 189 Å². The predicted octanol–water partition coefficient (Wildman–Crippen LogP) is 8.49. The number of furan rings is 1. The summed E-state index contributed by atoms with van der Waals surface area (Å²) in [6, 6.07) is 28.4. The van der Waals surface area contributed by atoms with Crippen molar-refractivity contribution in [1.82, 2.24) is 20.4 Å². The second-order valence-corrected chi connectivity index (χ2v) is 18.3. The van der Waals surface area contributed by atoms with Crippen molar-refractivity contribution in [2.75, 3.05) is 23.7 Å². The predicted molar refractivity (Wildman–Crippen MR) is 245 cm³/mol. The molecule has 6 amide bonds. The second kappa shape index (κ2) is 19.3. The fourth-order valence-corrected chi connectivity index (χ4v) is 8.09. The number of nitrogens with one attached hydrogen (secondary N) is 4. The van der Waals surface area contributed by atoms with Gasteiger partial charge in [-0.1, -0.05) is 60.7 Å². The lowest BCUT2D eigenvalue weighted by Crippen LogP contribution is -2.49. The number of hydrogen-bond acceptors (Lipinski definition) is 9. The number of likely N-dealkylation sites (tertiary alicyclic amines) is 2. The van der Waals surface area contributed by atoms with Crippen LogP contribution in [-0.4, -0.2) is 82.0 Å². The summed E-state index contributed by atoms with van der Waals surface area (Å²) in [6.07, 6.45) is 0.693. The van der Waals surface area contributed by atoms with E-state index in [0.717, 1.165) is 10.9 Å². The van der Waals surface area contributed by atoms with E-state index < -0.39 is 59.4 Å². The van der Waals surface area contributed by atoms with Gasteiger partial charge in [0.15, 0.2) is 0 Å². The van der Waals surface area contributed by atoms with Crippen molar-refractivity contribution in [3.63, 3.8) is 0 Å². The number of anilines is 2. The molecular weight excluding hydrogens is 829 g/mol. The molecule has 2 aliphatic rings. The molecule has 15 nitrogen and oxygen atoms in total. The number of nitrogens with zero attached hydrogens (tertiary/aromatic N) is 2. The molecule has 0 bridgehead atoms. The highest BCUT2D eigenvalue weighted by molar-refractivity contribution is 6.01. The monoisotopic (exact) mass is 884 g/mol. The van der Waals surface area contributed by atoms with Crippen LogP contribution in [0.3, 0.4) is 0 Å². The minimum Gasteiger partial charge on any atom is -0.456 e. The van der Waals surface area contributed by atoms with Crippen molar-refractivity contribution in [3.8, 4) is 11.3 Å². The summed E-state index contributed by atoms with van der Waals surface area (Å²) >= 11 is 0. The van der Waals surface area contributed by atoms with Gasteiger partial charge in [0.05, 0.1) is 0 Å². The summed E-state index contributed by atoms with van der Waals surface area (Å²) in [5, 5.41) is 12.1. The summed E-state index contributed by atoms with van der Waals surface area (Å²) < 4.78 is 17.1. The molecule has 3 heterocycles. The third-order valence-corrected chi connectivity index (χ3v) is 11.0. The second-order valence-electron chi connectivity index (χ2n) is 18.3. The largest absolute Gasteiger partial charge is 0.456 e. The van der Waals surface area contributed by atoms with Gasteiger partial charge in [-0.15, -0.1) is 0 Å². The van der Waals surface area contributed by atoms with E-state index in [2.05, 4.69) is 21.3 Å². The van der Waals surface area contributed by atoms with Gasteiger partial charge in [-0.05, 0) is 127 Å². The van der Waals surface area contributed by atoms with Crippen LogP contribution in [0, 0.1) is 0 Å². The van der Waals surface area contributed by atoms with E-state index in [1.54, 1.807) is 120 Å². The van der Waals surface area contributed by atoms with Crippen LogP contribution >= 0.6 is 0 Å². The lowest BCUT2D eigenvalue weighted by Gasteiger charge is -2.29. The highest BCUT2D eigenvalue weighted by Crippen LogP contribution is 2.32. The van der Waals surface area contributed by atoms with Crippen molar-refractivity contribution in [1.29, 1.82) is 0 Å². The molecule has 2 fully saturated rings. The van der Waals surface area contributed by atoms with Gasteiger partial charge in [-0.25, -0.2) is 9.59 Å². The number of carbonyl (C=O) groups is 6. The first-order chi connectivity index (χ1) is 30.9. The molecule has 7 rings (SSSR count). The van der Waals surface area contributed by atoms with E-state index in [9.17, 15) is 28.8 Å². The number of benzene rings is 4. The van der Waals surface area contributed by atoms with Crippen molar-refractivity contribution in [2.24, 2.45) is 0 Å². The van der Waals surface area contributed by atoms with Gasteiger partial charge < -0.3 is 45.0 Å². The first-order valence-corrected chi connectivity index (χ1v) is 21.9. The van der Waals surface area contributed by atoms with E-state index in [0.29, 0.717) is 72.6 Å². The summed E-state index contributed by atoms with van der Waals surface area (Å²) in [5.41, 5.74) is 2.00. The molecule has 2 unspecified atom stereocenters. The minimum absolute atomic E-state index is 0.343. The molecule has 0 radical (unpaired) electrons. The Balaban J connectivity index is 0.988. The van der Waals surface area contributed by atoms with Crippen LogP contribution in [0.15, 0.2) is 114 Å². The lowest BCUT2D eigenvalue weighted by molar-refractivity contribution is -0.138. The zero-order chi connectivity index (χ0) is 46.5. The summed E-state index contributed by atoms with van der Waals surface area (Å²) in [6.45, 7) is 11.2. The quantitative estimate of drug-likeness (QED) is 0.101. The van der Waals surface area contributed by atoms with Crippen molar-refractivity contribution in [3.05, 3.63) is 120 Å². The Morgan fingerprint density at radius 2 is 1.03 bits per heavy atom. The normalized spacial score (nSPS) is 17.2. The summed E-state index contributed by atoms with van der Waals surface area (Å²) in [4.78, 5) is 84.1. The van der Waals surface area contributed by atoms with Crippen LogP contribution in [0.1, 0.15) is 90.4 Å². The number of carbonyl (C=O) groups excluding carboxylic acids is 6. The number of rotatable bonds is 11. The van der Waals surface area contributed by atoms with Crippen LogP contribution in [0.5, 0.6) is 0 Å². The maximum absolute atomic E-state index is 14.0. The highest BCUT2D eigenvalue weighted by Gasteiger charge is 2.40. The molecule has 340 valence electrons. The number of ether oxygens (including phenoxy) is 2. The SMILES string of the molecule is CC(C)(C)OC(=O)N[C@H](C(=O)N1CCCC1C(=O)Nc1ccc2oc(-c3ccc(NC(=O)C4CCCN4C(=O)[C@H](NC(=O)OC(C)(C)C)c4ccccc4)cc3)cc2c1)c1ccccc1. The Morgan fingerprint density at radius 3 is 1.49 bits per heavy atom. The first kappa shape index (κ1) is 45.9. The molecule has 4 N–H and O–H groups in total. The Labute approximate surface area is 378 Å². The van der Waals surface area contributed by atoms with Crippen molar-refractivity contribution >= 4 is 58.2 Å². The summed E-state index contributed by atoms with van der Waals surface area (Å²) in [5.74, 6) is -0.934. The van der Waals surface area contributed by atoms with Gasteiger partial charge in [0.1, 0.15) is 46.7 Å². The Kier molecular flexibility index (Phi) is 13.6. The van der Waals surface area contributed by atoms with Gasteiger partial charge in [0.25, 0.3) is 11.8 Å². The fraction of sp³-hybridized carbons (Fsp3) is 0.360. The standard InChI is InChI=1S/C50H56N6O9/c1-49(2,3)64-47(61)53-41(32-15-9-7-10-16-32)45(59)55-27-13-19-37(55)43(57)51-35-23-21-31(22-24-35)40-30-34-29-36(25-26-39(34)63-40)52-44(58)38-20-14-28-56(38)46(60)42(33-17-11-8-12-18-33)54-48(62)65-50(4,5)6/h7-12,15-18,21-26,29-30,37-38,41-42H,13-14,19-20,27-28H2,1-6H3,(H,51,57)(H,52,58)(H,53,61)(H,54,62)/t37?,38?,41-,42+/m1/s1. The molecule has 1 aromatic heterocycles. The first-order valence-electron chi connectivity index (χ1n) is 21.9. The number of fused-ring (bicyclic) bond motifs is 1. The third-order valence-electron chi connectivity index (χ3n) is 11.0. The van der Waals surface area contributed by atoms with Crippen LogP contribution in [0.2, 0.25) is 0 Å². The summed E-state index contributed by atoms with van der Waals surface area (Å²) in [7, 11) is 0. The van der Waals surface area contributed by atoms with Crippen LogP contribution in [0.25, 0.3) is 22.3 Å². The molecule has 2 saturated heterocycles. The number of amides is 6. The van der Waals surface area contributed by atoms with E-state index >= 15 is 0 Å². The zero-order valence-electron chi connectivity index (χ0n) is 37.5. The van der Waals surface area contributed by atoms with Crippen molar-refractivity contribution < 1.29 is 42.7 Å². The molecular formula is C50H56N6O9. The molecule has 0 aliphatic carbocycles. The van der Waals surface area contributed by atoms with Crippen molar-refractivity contribution in [2.45, 2.75) is 103 Å². The Morgan fingerprint density at radius 1 is 0.585 bits per heavy atom. The van der Waals surface area contributed by atoms with Crippen LogP contribution in [-0.2, 0) is 28.7 Å².